The number of hydrogen-bond donors (Lipinski definition) is 1. The molecule has 2 heterocycles. The number of pyridine rings is 1. The highest BCUT2D eigenvalue weighted by molar-refractivity contribution is 6.32. The normalized spacial score (nSPS) is 18.0. The van der Waals surface area contributed by atoms with Crippen molar-refractivity contribution in [2.24, 2.45) is 5.73 Å². The van der Waals surface area contributed by atoms with Crippen molar-refractivity contribution in [2.45, 2.75) is 32.4 Å². The van der Waals surface area contributed by atoms with E-state index in [0.717, 1.165) is 40.3 Å². The highest BCUT2D eigenvalue weighted by atomic mass is 35.5. The Morgan fingerprint density at radius 3 is 2.77 bits per heavy atom. The lowest BCUT2D eigenvalue weighted by molar-refractivity contribution is 0.247. The molecule has 0 radical (unpaired) electrons. The van der Waals surface area contributed by atoms with Crippen molar-refractivity contribution in [3.05, 3.63) is 40.5 Å². The first-order chi connectivity index (χ1) is 9.70. The molecule has 0 saturated carbocycles. The molecule has 1 aliphatic heterocycles. The Balaban J connectivity index is 0.00000121. The van der Waals surface area contributed by atoms with Gasteiger partial charge >= 0.3 is 0 Å². The van der Waals surface area contributed by atoms with Crippen molar-refractivity contribution in [1.82, 2.24) is 9.88 Å². The number of likely N-dealkylation sites (tertiary alicyclic amines) is 1. The minimum atomic E-state index is 0. The number of aromatic nitrogens is 1. The minimum absolute atomic E-state index is 0. The second kappa shape index (κ2) is 8.32. The van der Waals surface area contributed by atoms with Gasteiger partial charge in [-0.2, -0.15) is 0 Å². The molecule has 2 aromatic rings. The fourth-order valence-electron chi connectivity index (χ4n) is 3.08. The first-order valence-electron chi connectivity index (χ1n) is 7.18. The number of nitrogens with zero attached hydrogens (tertiary/aromatic N) is 2. The van der Waals surface area contributed by atoms with E-state index in [1.54, 1.807) is 0 Å². The first-order valence-corrected chi connectivity index (χ1v) is 7.56. The third-order valence-electron chi connectivity index (χ3n) is 4.27. The summed E-state index contributed by atoms with van der Waals surface area (Å²) in [5.41, 5.74) is 8.96. The van der Waals surface area contributed by atoms with Crippen molar-refractivity contribution in [1.29, 1.82) is 0 Å². The van der Waals surface area contributed by atoms with Crippen LogP contribution in [0.2, 0.25) is 5.02 Å². The standard InChI is InChI=1S/C16H20ClN3.2ClH/c1-11-13-6-2-3-7-14(13)19-15(16(11)17)10-20-8-4-5-12(20)9-18;;/h2-3,6-7,12H,4-5,8-10,18H2,1H3;2*1H. The van der Waals surface area contributed by atoms with Crippen LogP contribution in [0.15, 0.2) is 24.3 Å². The van der Waals surface area contributed by atoms with Gasteiger partial charge in [-0.25, -0.2) is 4.98 Å². The number of aryl methyl sites for hydroxylation is 1. The van der Waals surface area contributed by atoms with Crippen LogP contribution in [0.4, 0.5) is 0 Å². The van der Waals surface area contributed by atoms with Gasteiger partial charge in [0.1, 0.15) is 0 Å². The van der Waals surface area contributed by atoms with E-state index >= 15 is 0 Å². The molecule has 1 atom stereocenters. The van der Waals surface area contributed by atoms with E-state index in [2.05, 4.69) is 17.9 Å². The van der Waals surface area contributed by atoms with Crippen LogP contribution in [0.5, 0.6) is 0 Å². The number of halogens is 3. The molecule has 2 N–H and O–H groups in total. The van der Waals surface area contributed by atoms with Gasteiger partial charge in [-0.05, 0) is 37.9 Å². The van der Waals surface area contributed by atoms with Crippen LogP contribution in [0.1, 0.15) is 24.1 Å². The van der Waals surface area contributed by atoms with E-state index in [1.165, 1.54) is 12.8 Å². The van der Waals surface area contributed by atoms with Gasteiger partial charge in [-0.15, -0.1) is 24.8 Å². The second-order valence-corrected chi connectivity index (χ2v) is 5.89. The molecular weight excluding hydrogens is 341 g/mol. The van der Waals surface area contributed by atoms with E-state index < -0.39 is 0 Å². The predicted molar refractivity (Wildman–Crippen MR) is 98.5 cm³/mol. The third-order valence-corrected chi connectivity index (χ3v) is 4.77. The van der Waals surface area contributed by atoms with Gasteiger partial charge in [0.25, 0.3) is 0 Å². The molecule has 1 aromatic carbocycles. The van der Waals surface area contributed by atoms with Crippen LogP contribution in [-0.2, 0) is 6.54 Å². The Morgan fingerprint density at radius 2 is 2.05 bits per heavy atom. The minimum Gasteiger partial charge on any atom is -0.329 e. The summed E-state index contributed by atoms with van der Waals surface area (Å²) in [6, 6.07) is 8.64. The molecule has 0 amide bonds. The number of benzene rings is 1. The average Bonchev–Trinajstić information content (AvgIpc) is 2.92. The van der Waals surface area contributed by atoms with Gasteiger partial charge in [0, 0.05) is 24.5 Å². The lowest BCUT2D eigenvalue weighted by atomic mass is 10.1. The number of rotatable bonds is 3. The Morgan fingerprint density at radius 1 is 1.32 bits per heavy atom. The fraction of sp³-hybridized carbons (Fsp3) is 0.438. The number of fused-ring (bicyclic) bond motifs is 1. The van der Waals surface area contributed by atoms with Gasteiger partial charge in [-0.3, -0.25) is 4.90 Å². The molecule has 0 aliphatic carbocycles. The molecule has 3 nitrogen and oxygen atoms in total. The van der Waals surface area contributed by atoms with Crippen molar-refractivity contribution in [3.8, 4) is 0 Å². The molecule has 3 rings (SSSR count). The molecular formula is C16H22Cl3N3. The molecule has 122 valence electrons. The summed E-state index contributed by atoms with van der Waals surface area (Å²) in [5.74, 6) is 0. The van der Waals surface area contributed by atoms with Gasteiger partial charge < -0.3 is 5.73 Å². The summed E-state index contributed by atoms with van der Waals surface area (Å²) in [6.45, 7) is 4.67. The van der Waals surface area contributed by atoms with Crippen LogP contribution in [0.25, 0.3) is 10.9 Å². The highest BCUT2D eigenvalue weighted by Crippen LogP contribution is 2.29. The SMILES string of the molecule is Cc1c(Cl)c(CN2CCCC2CN)nc2ccccc12.Cl.Cl. The van der Waals surface area contributed by atoms with Gasteiger partial charge in [0.05, 0.1) is 16.2 Å². The third kappa shape index (κ3) is 3.66. The zero-order chi connectivity index (χ0) is 14.1. The zero-order valence-electron chi connectivity index (χ0n) is 12.6. The molecule has 1 unspecified atom stereocenters. The quantitative estimate of drug-likeness (QED) is 0.898. The number of nitrogens with two attached hydrogens (primary N) is 1. The highest BCUT2D eigenvalue weighted by Gasteiger charge is 2.24. The molecule has 1 aromatic heterocycles. The largest absolute Gasteiger partial charge is 0.329 e. The van der Waals surface area contributed by atoms with E-state index in [4.69, 9.17) is 22.3 Å². The summed E-state index contributed by atoms with van der Waals surface area (Å²) >= 11 is 6.52. The van der Waals surface area contributed by atoms with Gasteiger partial charge in [-0.1, -0.05) is 29.8 Å². The Bertz CT molecular complexity index is 633. The topological polar surface area (TPSA) is 42.1 Å². The maximum atomic E-state index is 6.52. The number of hydrogen-bond acceptors (Lipinski definition) is 3. The molecule has 22 heavy (non-hydrogen) atoms. The van der Waals surface area contributed by atoms with Crippen LogP contribution >= 0.6 is 36.4 Å². The molecule has 0 spiro atoms. The molecule has 1 saturated heterocycles. The lowest BCUT2D eigenvalue weighted by Crippen LogP contribution is -2.35. The van der Waals surface area contributed by atoms with Crippen molar-refractivity contribution in [2.75, 3.05) is 13.1 Å². The van der Waals surface area contributed by atoms with E-state index in [1.807, 2.05) is 18.2 Å². The Hall–Kier alpha value is -0.580. The Kier molecular flexibility index (Phi) is 7.36. The van der Waals surface area contributed by atoms with E-state index in [0.29, 0.717) is 12.6 Å². The first kappa shape index (κ1) is 19.5. The maximum Gasteiger partial charge on any atom is 0.0740 e. The van der Waals surface area contributed by atoms with Crippen molar-refractivity contribution in [3.63, 3.8) is 0 Å². The van der Waals surface area contributed by atoms with Gasteiger partial charge in [0.15, 0.2) is 0 Å². The van der Waals surface area contributed by atoms with Crippen LogP contribution in [0, 0.1) is 6.92 Å². The summed E-state index contributed by atoms with van der Waals surface area (Å²) in [5, 5.41) is 1.93. The van der Waals surface area contributed by atoms with Crippen molar-refractivity contribution < 1.29 is 0 Å². The van der Waals surface area contributed by atoms with Crippen molar-refractivity contribution >= 4 is 47.3 Å². The summed E-state index contributed by atoms with van der Waals surface area (Å²) in [7, 11) is 0. The maximum absolute atomic E-state index is 6.52. The summed E-state index contributed by atoms with van der Waals surface area (Å²) in [4.78, 5) is 7.16. The molecule has 6 heteroatoms. The van der Waals surface area contributed by atoms with E-state index in [9.17, 15) is 0 Å². The molecule has 1 fully saturated rings. The monoisotopic (exact) mass is 361 g/mol. The van der Waals surface area contributed by atoms with Gasteiger partial charge in [0.2, 0.25) is 0 Å². The zero-order valence-corrected chi connectivity index (χ0v) is 15.0. The second-order valence-electron chi connectivity index (χ2n) is 5.52. The van der Waals surface area contributed by atoms with Crippen LogP contribution in [-0.4, -0.2) is 29.0 Å². The fourth-order valence-corrected chi connectivity index (χ4v) is 3.29. The average molecular weight is 363 g/mol. The summed E-state index contributed by atoms with van der Waals surface area (Å²) < 4.78 is 0. The molecule has 1 aliphatic rings. The molecule has 0 bridgehead atoms. The number of para-hydroxylation sites is 1. The van der Waals surface area contributed by atoms with E-state index in [-0.39, 0.29) is 24.8 Å². The Labute approximate surface area is 149 Å². The van der Waals surface area contributed by atoms with Crippen LogP contribution in [0.3, 0.4) is 0 Å². The lowest BCUT2D eigenvalue weighted by Gasteiger charge is -2.23. The smallest absolute Gasteiger partial charge is 0.0740 e. The van der Waals surface area contributed by atoms with Crippen LogP contribution < -0.4 is 5.73 Å². The summed E-state index contributed by atoms with van der Waals surface area (Å²) in [6.07, 6.45) is 2.40. The predicted octanol–water partition coefficient (Wildman–Crippen LogP) is 3.96.